The van der Waals surface area contributed by atoms with Crippen LogP contribution in [-0.4, -0.2) is 20.1 Å². The van der Waals surface area contributed by atoms with E-state index in [2.05, 4.69) is 29.6 Å². The predicted octanol–water partition coefficient (Wildman–Crippen LogP) is 4.35. The Bertz CT molecular complexity index is 905. The molecule has 0 heterocycles. The molecule has 0 saturated carbocycles. The van der Waals surface area contributed by atoms with E-state index in [-0.39, 0.29) is 11.9 Å². The van der Waals surface area contributed by atoms with Gasteiger partial charge in [-0.3, -0.25) is 4.79 Å². The number of nitrogens with one attached hydrogen (secondary N) is 1. The Labute approximate surface area is 147 Å². The van der Waals surface area contributed by atoms with E-state index in [4.69, 9.17) is 9.47 Å². The predicted molar refractivity (Wildman–Crippen MR) is 99.4 cm³/mol. The van der Waals surface area contributed by atoms with Crippen LogP contribution in [0.3, 0.4) is 0 Å². The van der Waals surface area contributed by atoms with Crippen molar-refractivity contribution in [1.29, 1.82) is 0 Å². The fourth-order valence-corrected chi connectivity index (χ4v) is 2.82. The van der Waals surface area contributed by atoms with E-state index in [1.807, 2.05) is 25.1 Å². The van der Waals surface area contributed by atoms with Crippen LogP contribution in [0.4, 0.5) is 0 Å². The van der Waals surface area contributed by atoms with Crippen molar-refractivity contribution in [2.24, 2.45) is 0 Å². The van der Waals surface area contributed by atoms with E-state index >= 15 is 0 Å². The maximum atomic E-state index is 12.6. The van der Waals surface area contributed by atoms with E-state index in [0.717, 1.165) is 10.9 Å². The number of carbonyl (C=O) groups excluding carboxylic acids is 1. The monoisotopic (exact) mass is 335 g/mol. The van der Waals surface area contributed by atoms with Crippen LogP contribution in [0.1, 0.15) is 28.9 Å². The minimum atomic E-state index is -0.151. The van der Waals surface area contributed by atoms with Crippen LogP contribution in [0.25, 0.3) is 10.8 Å². The molecule has 4 heteroatoms. The first-order chi connectivity index (χ1) is 12.1. The molecule has 3 aromatic rings. The van der Waals surface area contributed by atoms with Gasteiger partial charge in [0.25, 0.3) is 5.91 Å². The van der Waals surface area contributed by atoms with Crippen molar-refractivity contribution < 1.29 is 14.3 Å². The van der Waals surface area contributed by atoms with Gasteiger partial charge in [0.15, 0.2) is 11.5 Å². The van der Waals surface area contributed by atoms with Gasteiger partial charge in [0.2, 0.25) is 0 Å². The molecule has 128 valence electrons. The maximum absolute atomic E-state index is 12.6. The maximum Gasteiger partial charge on any atom is 0.251 e. The molecule has 0 fully saturated rings. The fourth-order valence-electron chi connectivity index (χ4n) is 2.82. The third-order valence-electron chi connectivity index (χ3n) is 4.27. The van der Waals surface area contributed by atoms with Gasteiger partial charge in [-0.15, -0.1) is 0 Å². The number of benzene rings is 3. The van der Waals surface area contributed by atoms with Gasteiger partial charge in [0.05, 0.1) is 20.3 Å². The van der Waals surface area contributed by atoms with Gasteiger partial charge in [-0.25, -0.2) is 0 Å². The molecule has 0 aromatic heterocycles. The second-order valence-corrected chi connectivity index (χ2v) is 5.87. The first-order valence-corrected chi connectivity index (χ1v) is 8.14. The number of rotatable bonds is 5. The van der Waals surface area contributed by atoms with Crippen molar-refractivity contribution >= 4 is 16.7 Å². The molecule has 0 aliphatic carbocycles. The van der Waals surface area contributed by atoms with Gasteiger partial charge in [-0.1, -0.05) is 36.4 Å². The molecule has 0 radical (unpaired) electrons. The molecule has 1 N–H and O–H groups in total. The average molecular weight is 335 g/mol. The molecule has 0 spiro atoms. The number of fused-ring (bicyclic) bond motifs is 1. The van der Waals surface area contributed by atoms with Crippen LogP contribution in [0.15, 0.2) is 60.7 Å². The third-order valence-corrected chi connectivity index (χ3v) is 4.27. The van der Waals surface area contributed by atoms with E-state index < -0.39 is 0 Å². The average Bonchev–Trinajstić information content (AvgIpc) is 2.66. The molecule has 4 nitrogen and oxygen atoms in total. The van der Waals surface area contributed by atoms with Crippen LogP contribution in [-0.2, 0) is 0 Å². The van der Waals surface area contributed by atoms with Crippen molar-refractivity contribution in [3.63, 3.8) is 0 Å². The fraction of sp³-hybridized carbons (Fsp3) is 0.190. The van der Waals surface area contributed by atoms with Crippen LogP contribution in [0.5, 0.6) is 11.5 Å². The van der Waals surface area contributed by atoms with E-state index in [1.165, 1.54) is 5.39 Å². The SMILES string of the molecule is COc1ccc(C(=O)NC(C)c2ccc3ccccc3c2)cc1OC. The summed E-state index contributed by atoms with van der Waals surface area (Å²) < 4.78 is 10.5. The lowest BCUT2D eigenvalue weighted by Crippen LogP contribution is -2.26. The second-order valence-electron chi connectivity index (χ2n) is 5.87. The van der Waals surface area contributed by atoms with Gasteiger partial charge in [0.1, 0.15) is 0 Å². The van der Waals surface area contributed by atoms with E-state index in [1.54, 1.807) is 32.4 Å². The quantitative estimate of drug-likeness (QED) is 0.754. The molecule has 25 heavy (non-hydrogen) atoms. The van der Waals surface area contributed by atoms with Crippen LogP contribution >= 0.6 is 0 Å². The number of hydrogen-bond donors (Lipinski definition) is 1. The lowest BCUT2D eigenvalue weighted by molar-refractivity contribution is 0.0939. The molecule has 3 aromatic carbocycles. The van der Waals surface area contributed by atoms with Crippen molar-refractivity contribution in [2.45, 2.75) is 13.0 Å². The Morgan fingerprint density at radius 2 is 1.60 bits per heavy atom. The molecule has 0 bridgehead atoms. The summed E-state index contributed by atoms with van der Waals surface area (Å²) in [5, 5.41) is 5.37. The number of ether oxygens (including phenoxy) is 2. The topological polar surface area (TPSA) is 47.6 Å². The highest BCUT2D eigenvalue weighted by molar-refractivity contribution is 5.95. The lowest BCUT2D eigenvalue weighted by atomic mass is 10.0. The Balaban J connectivity index is 1.79. The summed E-state index contributed by atoms with van der Waals surface area (Å²) >= 11 is 0. The Hall–Kier alpha value is -3.01. The zero-order valence-electron chi connectivity index (χ0n) is 14.6. The summed E-state index contributed by atoms with van der Waals surface area (Å²) in [6.07, 6.45) is 0. The molecule has 0 aliphatic rings. The normalized spacial score (nSPS) is 11.8. The summed E-state index contributed by atoms with van der Waals surface area (Å²) in [5.41, 5.74) is 1.60. The first kappa shape index (κ1) is 16.8. The van der Waals surface area contributed by atoms with Crippen molar-refractivity contribution in [3.05, 3.63) is 71.8 Å². The number of amides is 1. The van der Waals surface area contributed by atoms with Crippen LogP contribution < -0.4 is 14.8 Å². The largest absolute Gasteiger partial charge is 0.493 e. The third kappa shape index (κ3) is 3.58. The summed E-state index contributed by atoms with van der Waals surface area (Å²) in [7, 11) is 3.12. The molecule has 1 unspecified atom stereocenters. The Kier molecular flexibility index (Phi) is 4.89. The van der Waals surface area contributed by atoms with Gasteiger partial charge >= 0.3 is 0 Å². The standard InChI is InChI=1S/C21H21NO3/c1-14(16-9-8-15-6-4-5-7-17(15)12-16)22-21(23)18-10-11-19(24-2)20(13-18)25-3/h4-14H,1-3H3,(H,22,23). The van der Waals surface area contributed by atoms with Gasteiger partial charge in [-0.2, -0.15) is 0 Å². The molecular weight excluding hydrogens is 314 g/mol. The van der Waals surface area contributed by atoms with Gasteiger partial charge in [-0.05, 0) is 47.5 Å². The first-order valence-electron chi connectivity index (χ1n) is 8.14. The molecular formula is C21H21NO3. The summed E-state index contributed by atoms with van der Waals surface area (Å²) in [4.78, 5) is 12.6. The molecule has 0 saturated heterocycles. The number of carbonyl (C=O) groups is 1. The van der Waals surface area contributed by atoms with Gasteiger partial charge < -0.3 is 14.8 Å². The minimum Gasteiger partial charge on any atom is -0.493 e. The number of methoxy groups -OCH3 is 2. The van der Waals surface area contributed by atoms with E-state index in [0.29, 0.717) is 17.1 Å². The van der Waals surface area contributed by atoms with Crippen molar-refractivity contribution in [3.8, 4) is 11.5 Å². The lowest BCUT2D eigenvalue weighted by Gasteiger charge is -2.16. The highest BCUT2D eigenvalue weighted by atomic mass is 16.5. The molecule has 0 aliphatic heterocycles. The Morgan fingerprint density at radius 3 is 2.32 bits per heavy atom. The molecule has 1 atom stereocenters. The summed E-state index contributed by atoms with van der Waals surface area (Å²) in [6, 6.07) is 19.4. The van der Waals surface area contributed by atoms with Crippen molar-refractivity contribution in [2.75, 3.05) is 14.2 Å². The van der Waals surface area contributed by atoms with Crippen molar-refractivity contribution in [1.82, 2.24) is 5.32 Å². The zero-order valence-corrected chi connectivity index (χ0v) is 14.6. The number of hydrogen-bond acceptors (Lipinski definition) is 3. The molecule has 3 rings (SSSR count). The smallest absolute Gasteiger partial charge is 0.251 e. The van der Waals surface area contributed by atoms with E-state index in [9.17, 15) is 4.79 Å². The zero-order chi connectivity index (χ0) is 17.8. The minimum absolute atomic E-state index is 0.106. The second kappa shape index (κ2) is 7.26. The van der Waals surface area contributed by atoms with Crippen LogP contribution in [0.2, 0.25) is 0 Å². The highest BCUT2D eigenvalue weighted by Crippen LogP contribution is 2.28. The highest BCUT2D eigenvalue weighted by Gasteiger charge is 2.14. The summed E-state index contributed by atoms with van der Waals surface area (Å²) in [5.74, 6) is 0.983. The van der Waals surface area contributed by atoms with Gasteiger partial charge in [0, 0.05) is 5.56 Å². The Morgan fingerprint density at radius 1 is 0.880 bits per heavy atom. The molecule has 1 amide bonds. The summed E-state index contributed by atoms with van der Waals surface area (Å²) in [6.45, 7) is 1.97. The van der Waals surface area contributed by atoms with Crippen LogP contribution in [0, 0.1) is 0 Å².